The van der Waals surface area contributed by atoms with Crippen LogP contribution < -0.4 is 5.32 Å². The van der Waals surface area contributed by atoms with Crippen LogP contribution in [0, 0.1) is 6.92 Å². The Hall–Kier alpha value is -3.06. The number of hydrogen-bond acceptors (Lipinski definition) is 6. The highest BCUT2D eigenvalue weighted by Crippen LogP contribution is 2.16. The third-order valence-corrected chi connectivity index (χ3v) is 4.19. The van der Waals surface area contributed by atoms with Crippen LogP contribution in [0.2, 0.25) is 0 Å². The number of para-hydroxylation sites is 1. The Balaban J connectivity index is 1.62. The molecule has 0 bridgehead atoms. The summed E-state index contributed by atoms with van der Waals surface area (Å²) in [4.78, 5) is 22.9. The van der Waals surface area contributed by atoms with E-state index in [0.29, 0.717) is 24.0 Å². The zero-order valence-electron chi connectivity index (χ0n) is 15.0. The Morgan fingerprint density at radius 1 is 1.23 bits per heavy atom. The minimum atomic E-state index is -0.361. The molecule has 7 heteroatoms. The van der Waals surface area contributed by atoms with E-state index in [1.165, 1.54) is 0 Å². The van der Waals surface area contributed by atoms with E-state index in [4.69, 9.17) is 4.52 Å². The fourth-order valence-electron chi connectivity index (χ4n) is 2.42. The van der Waals surface area contributed by atoms with Crippen LogP contribution in [0.25, 0.3) is 11.5 Å². The van der Waals surface area contributed by atoms with Gasteiger partial charge >= 0.3 is 0 Å². The van der Waals surface area contributed by atoms with E-state index in [1.807, 2.05) is 68.3 Å². The van der Waals surface area contributed by atoms with Crippen molar-refractivity contribution in [2.24, 2.45) is 0 Å². The van der Waals surface area contributed by atoms with Gasteiger partial charge < -0.3 is 9.84 Å². The zero-order valence-corrected chi connectivity index (χ0v) is 15.0. The minimum absolute atomic E-state index is 0.0914. The Morgan fingerprint density at radius 3 is 2.73 bits per heavy atom. The fourth-order valence-corrected chi connectivity index (χ4v) is 2.42. The predicted octanol–water partition coefficient (Wildman–Crippen LogP) is 2.90. The lowest BCUT2D eigenvalue weighted by molar-refractivity contribution is -0.120. The number of benzene rings is 1. The monoisotopic (exact) mass is 351 g/mol. The molecule has 0 aliphatic carbocycles. The first-order valence-corrected chi connectivity index (χ1v) is 8.35. The molecule has 0 fully saturated rings. The van der Waals surface area contributed by atoms with E-state index in [2.05, 4.69) is 20.4 Å². The summed E-state index contributed by atoms with van der Waals surface area (Å²) in [5.41, 5.74) is 2.48. The van der Waals surface area contributed by atoms with Crippen LogP contribution >= 0.6 is 0 Å². The van der Waals surface area contributed by atoms with Gasteiger partial charge in [0.25, 0.3) is 0 Å². The van der Waals surface area contributed by atoms with Gasteiger partial charge in [-0.2, -0.15) is 4.98 Å². The standard InChI is InChI=1S/C19H21N5O2/c1-13-8-4-5-9-15(13)21-19(25)14(2)24(3)12-17-22-18(23-26-17)16-10-6-7-11-20-16/h4-11,14H,12H2,1-3H3,(H,21,25)/t14-/m0/s1. The number of pyridine rings is 1. The number of carbonyl (C=O) groups excluding carboxylic acids is 1. The van der Waals surface area contributed by atoms with Gasteiger partial charge in [0.2, 0.25) is 17.6 Å². The van der Waals surface area contributed by atoms with Crippen molar-refractivity contribution in [3.8, 4) is 11.5 Å². The van der Waals surface area contributed by atoms with Crippen molar-refractivity contribution in [3.63, 3.8) is 0 Å². The van der Waals surface area contributed by atoms with Crippen LogP contribution in [0.5, 0.6) is 0 Å². The molecule has 0 aliphatic heterocycles. The zero-order chi connectivity index (χ0) is 18.5. The Morgan fingerprint density at radius 2 is 2.00 bits per heavy atom. The molecule has 2 aromatic heterocycles. The second-order valence-electron chi connectivity index (χ2n) is 6.12. The van der Waals surface area contributed by atoms with Crippen molar-refractivity contribution >= 4 is 11.6 Å². The molecular weight excluding hydrogens is 330 g/mol. The molecule has 134 valence electrons. The summed E-state index contributed by atoms with van der Waals surface area (Å²) in [5, 5.41) is 6.90. The lowest BCUT2D eigenvalue weighted by atomic mass is 10.2. The van der Waals surface area contributed by atoms with Crippen molar-refractivity contribution in [3.05, 3.63) is 60.1 Å². The van der Waals surface area contributed by atoms with E-state index < -0.39 is 0 Å². The van der Waals surface area contributed by atoms with Crippen molar-refractivity contribution < 1.29 is 9.32 Å². The average molecular weight is 351 g/mol. The molecule has 3 aromatic rings. The number of rotatable bonds is 6. The van der Waals surface area contributed by atoms with E-state index in [9.17, 15) is 4.79 Å². The smallest absolute Gasteiger partial charge is 0.241 e. The molecule has 0 saturated heterocycles. The molecular formula is C19H21N5O2. The van der Waals surface area contributed by atoms with Gasteiger partial charge in [0, 0.05) is 11.9 Å². The third kappa shape index (κ3) is 4.12. The number of aryl methyl sites for hydroxylation is 1. The number of anilines is 1. The summed E-state index contributed by atoms with van der Waals surface area (Å²) in [7, 11) is 1.84. The van der Waals surface area contributed by atoms with Crippen LogP contribution in [0.1, 0.15) is 18.4 Å². The average Bonchev–Trinajstić information content (AvgIpc) is 3.12. The largest absolute Gasteiger partial charge is 0.337 e. The molecule has 0 unspecified atom stereocenters. The van der Waals surface area contributed by atoms with Gasteiger partial charge in [-0.25, -0.2) is 0 Å². The maximum absolute atomic E-state index is 12.5. The van der Waals surface area contributed by atoms with Crippen LogP contribution in [0.3, 0.4) is 0 Å². The summed E-state index contributed by atoms with van der Waals surface area (Å²) in [6, 6.07) is 12.8. The van der Waals surface area contributed by atoms with Crippen molar-refractivity contribution in [2.45, 2.75) is 26.4 Å². The van der Waals surface area contributed by atoms with Crippen LogP contribution in [0.4, 0.5) is 5.69 Å². The molecule has 0 saturated carbocycles. The topological polar surface area (TPSA) is 84.2 Å². The second-order valence-corrected chi connectivity index (χ2v) is 6.12. The Labute approximate surface area is 152 Å². The van der Waals surface area contributed by atoms with Gasteiger partial charge in [-0.3, -0.25) is 14.7 Å². The van der Waals surface area contributed by atoms with E-state index in [-0.39, 0.29) is 11.9 Å². The number of amides is 1. The first-order valence-electron chi connectivity index (χ1n) is 8.35. The summed E-state index contributed by atoms with van der Waals surface area (Å²) in [6.45, 7) is 4.16. The number of aromatic nitrogens is 3. The SMILES string of the molecule is Cc1ccccc1NC(=O)[C@H](C)N(C)Cc1nc(-c2ccccn2)no1. The van der Waals surface area contributed by atoms with E-state index >= 15 is 0 Å². The Bertz CT molecular complexity index is 878. The van der Waals surface area contributed by atoms with Gasteiger partial charge in [-0.1, -0.05) is 29.4 Å². The van der Waals surface area contributed by atoms with Gasteiger partial charge in [0.15, 0.2) is 0 Å². The first-order chi connectivity index (χ1) is 12.5. The molecule has 7 nitrogen and oxygen atoms in total. The molecule has 0 aliphatic rings. The Kier molecular flexibility index (Phi) is 5.38. The van der Waals surface area contributed by atoms with E-state index in [0.717, 1.165) is 11.3 Å². The van der Waals surface area contributed by atoms with Gasteiger partial charge in [-0.15, -0.1) is 0 Å². The molecule has 0 radical (unpaired) electrons. The molecule has 26 heavy (non-hydrogen) atoms. The molecule has 1 N–H and O–H groups in total. The van der Waals surface area contributed by atoms with Gasteiger partial charge in [0.1, 0.15) is 5.69 Å². The number of nitrogens with one attached hydrogen (secondary N) is 1. The molecule has 2 heterocycles. The van der Waals surface area contributed by atoms with Gasteiger partial charge in [0.05, 0.1) is 12.6 Å². The maximum atomic E-state index is 12.5. The molecule has 3 rings (SSSR count). The normalized spacial score (nSPS) is 12.2. The number of hydrogen-bond donors (Lipinski definition) is 1. The lowest BCUT2D eigenvalue weighted by Crippen LogP contribution is -2.39. The number of likely N-dealkylation sites (N-methyl/N-ethyl adjacent to an activating group) is 1. The highest BCUT2D eigenvalue weighted by atomic mass is 16.5. The number of nitrogens with zero attached hydrogens (tertiary/aromatic N) is 4. The van der Waals surface area contributed by atoms with Crippen LogP contribution in [-0.2, 0) is 11.3 Å². The first kappa shape index (κ1) is 17.8. The molecule has 1 amide bonds. The summed E-state index contributed by atoms with van der Waals surface area (Å²) in [6.07, 6.45) is 1.68. The fraction of sp³-hybridized carbons (Fsp3) is 0.263. The summed E-state index contributed by atoms with van der Waals surface area (Å²) < 4.78 is 5.28. The van der Waals surface area contributed by atoms with Gasteiger partial charge in [-0.05, 0) is 44.7 Å². The summed E-state index contributed by atoms with van der Waals surface area (Å²) >= 11 is 0. The highest BCUT2D eigenvalue weighted by Gasteiger charge is 2.21. The lowest BCUT2D eigenvalue weighted by Gasteiger charge is -2.22. The second kappa shape index (κ2) is 7.88. The minimum Gasteiger partial charge on any atom is -0.337 e. The highest BCUT2D eigenvalue weighted by molar-refractivity contribution is 5.95. The predicted molar refractivity (Wildman–Crippen MR) is 98.3 cm³/mol. The number of carbonyl (C=O) groups is 1. The van der Waals surface area contributed by atoms with Crippen molar-refractivity contribution in [1.29, 1.82) is 0 Å². The van der Waals surface area contributed by atoms with Crippen molar-refractivity contribution in [1.82, 2.24) is 20.0 Å². The molecule has 0 spiro atoms. The van der Waals surface area contributed by atoms with Crippen LogP contribution in [0.15, 0.2) is 53.2 Å². The molecule has 1 aromatic carbocycles. The third-order valence-electron chi connectivity index (χ3n) is 4.19. The summed E-state index contributed by atoms with van der Waals surface area (Å²) in [5.74, 6) is 0.779. The van der Waals surface area contributed by atoms with Crippen LogP contribution in [-0.4, -0.2) is 39.0 Å². The quantitative estimate of drug-likeness (QED) is 0.735. The molecule has 1 atom stereocenters. The maximum Gasteiger partial charge on any atom is 0.241 e. The van der Waals surface area contributed by atoms with Crippen molar-refractivity contribution in [2.75, 3.05) is 12.4 Å². The van der Waals surface area contributed by atoms with E-state index in [1.54, 1.807) is 6.20 Å².